The molecule has 2 aromatic carbocycles. The van der Waals surface area contributed by atoms with E-state index in [2.05, 4.69) is 10.6 Å². The first-order valence-corrected chi connectivity index (χ1v) is 7.06. The van der Waals surface area contributed by atoms with Gasteiger partial charge in [0, 0.05) is 6.07 Å². The Balaban J connectivity index is 2.10. The van der Waals surface area contributed by atoms with E-state index in [9.17, 15) is 9.59 Å². The van der Waals surface area contributed by atoms with Crippen LogP contribution in [0.25, 0.3) is 0 Å². The first-order chi connectivity index (χ1) is 11.6. The molecule has 2 amide bonds. The van der Waals surface area contributed by atoms with Crippen LogP contribution in [-0.2, 0) is 9.59 Å². The molecule has 0 aliphatic heterocycles. The fourth-order valence-electron chi connectivity index (χ4n) is 2.01. The highest BCUT2D eigenvalue weighted by molar-refractivity contribution is 6.43. The lowest BCUT2D eigenvalue weighted by Crippen LogP contribution is -2.29. The average molecular weight is 330 g/mol. The molecule has 7 nitrogen and oxygen atoms in total. The van der Waals surface area contributed by atoms with Crippen LogP contribution in [0.5, 0.6) is 17.2 Å². The van der Waals surface area contributed by atoms with Crippen molar-refractivity contribution in [3.8, 4) is 17.2 Å². The Hall–Kier alpha value is -3.22. The summed E-state index contributed by atoms with van der Waals surface area (Å²) in [4.78, 5) is 24.2. The van der Waals surface area contributed by atoms with Gasteiger partial charge in [-0.15, -0.1) is 0 Å². The maximum atomic E-state index is 12.1. The van der Waals surface area contributed by atoms with E-state index < -0.39 is 11.8 Å². The van der Waals surface area contributed by atoms with Crippen LogP contribution in [0.2, 0.25) is 0 Å². The molecule has 0 radical (unpaired) electrons. The Morgan fingerprint density at radius 2 is 1.33 bits per heavy atom. The number of hydrogen-bond donors (Lipinski definition) is 2. The Kier molecular flexibility index (Phi) is 5.62. The summed E-state index contributed by atoms with van der Waals surface area (Å²) in [6.45, 7) is 0. The quantitative estimate of drug-likeness (QED) is 0.822. The normalized spacial score (nSPS) is 9.79. The largest absolute Gasteiger partial charge is 0.497 e. The van der Waals surface area contributed by atoms with Gasteiger partial charge in [-0.2, -0.15) is 0 Å². The van der Waals surface area contributed by atoms with Gasteiger partial charge >= 0.3 is 11.8 Å². The Labute approximate surface area is 139 Å². The fourth-order valence-corrected chi connectivity index (χ4v) is 2.01. The van der Waals surface area contributed by atoms with Crippen LogP contribution in [0.3, 0.4) is 0 Å². The molecular formula is C17H18N2O5. The van der Waals surface area contributed by atoms with Crippen LogP contribution < -0.4 is 24.8 Å². The van der Waals surface area contributed by atoms with Gasteiger partial charge in [0.05, 0.1) is 32.7 Å². The molecule has 0 bridgehead atoms. The highest BCUT2D eigenvalue weighted by Crippen LogP contribution is 2.29. The van der Waals surface area contributed by atoms with Crippen molar-refractivity contribution < 1.29 is 23.8 Å². The lowest BCUT2D eigenvalue weighted by molar-refractivity contribution is -0.133. The second-order valence-electron chi connectivity index (χ2n) is 4.67. The minimum Gasteiger partial charge on any atom is -0.497 e. The van der Waals surface area contributed by atoms with Crippen molar-refractivity contribution in [2.75, 3.05) is 32.0 Å². The third-order valence-corrected chi connectivity index (χ3v) is 3.22. The number of benzene rings is 2. The molecule has 24 heavy (non-hydrogen) atoms. The molecule has 0 heterocycles. The molecule has 2 N–H and O–H groups in total. The van der Waals surface area contributed by atoms with Crippen molar-refractivity contribution in [2.24, 2.45) is 0 Å². The second-order valence-corrected chi connectivity index (χ2v) is 4.67. The summed E-state index contributed by atoms with van der Waals surface area (Å²) in [5.74, 6) is -0.237. The van der Waals surface area contributed by atoms with Gasteiger partial charge in [-0.25, -0.2) is 0 Å². The zero-order valence-corrected chi connectivity index (χ0v) is 13.6. The van der Waals surface area contributed by atoms with E-state index in [0.717, 1.165) is 0 Å². The van der Waals surface area contributed by atoms with Crippen molar-refractivity contribution in [1.82, 2.24) is 0 Å². The summed E-state index contributed by atoms with van der Waals surface area (Å²) >= 11 is 0. The molecule has 0 fully saturated rings. The molecule has 2 aromatic rings. The molecule has 0 aliphatic rings. The molecule has 0 atom stereocenters. The molecule has 0 aromatic heterocycles. The molecule has 0 saturated carbocycles. The monoisotopic (exact) mass is 330 g/mol. The molecule has 7 heteroatoms. The Bertz CT molecular complexity index is 746. The third-order valence-electron chi connectivity index (χ3n) is 3.22. The van der Waals surface area contributed by atoms with Crippen LogP contribution in [0.1, 0.15) is 0 Å². The van der Waals surface area contributed by atoms with Crippen molar-refractivity contribution >= 4 is 23.2 Å². The minimum atomic E-state index is -0.829. The zero-order valence-electron chi connectivity index (χ0n) is 13.6. The molecule has 2 rings (SSSR count). The van der Waals surface area contributed by atoms with E-state index in [0.29, 0.717) is 28.6 Å². The summed E-state index contributed by atoms with van der Waals surface area (Å²) in [5, 5.41) is 5.00. The standard InChI is InChI=1S/C17H18N2O5/c1-22-11-8-9-13(15(10-11)24-3)19-17(21)16(20)18-12-6-4-5-7-14(12)23-2/h4-10H,1-3H3,(H,18,20)(H,19,21). The number of carbonyl (C=O) groups excluding carboxylic acids is 2. The van der Waals surface area contributed by atoms with Gasteiger partial charge in [-0.05, 0) is 24.3 Å². The maximum Gasteiger partial charge on any atom is 0.314 e. The smallest absolute Gasteiger partial charge is 0.314 e. The van der Waals surface area contributed by atoms with Gasteiger partial charge in [0.15, 0.2) is 0 Å². The number of nitrogens with one attached hydrogen (secondary N) is 2. The molecule has 0 spiro atoms. The van der Waals surface area contributed by atoms with E-state index in [4.69, 9.17) is 14.2 Å². The maximum absolute atomic E-state index is 12.1. The topological polar surface area (TPSA) is 85.9 Å². The average Bonchev–Trinajstić information content (AvgIpc) is 2.62. The van der Waals surface area contributed by atoms with Crippen LogP contribution in [0.15, 0.2) is 42.5 Å². The number of carbonyl (C=O) groups is 2. The van der Waals surface area contributed by atoms with Gasteiger partial charge in [-0.3, -0.25) is 9.59 Å². The van der Waals surface area contributed by atoms with Crippen LogP contribution in [0.4, 0.5) is 11.4 Å². The van der Waals surface area contributed by atoms with Gasteiger partial charge < -0.3 is 24.8 Å². The number of anilines is 2. The second kappa shape index (κ2) is 7.87. The highest BCUT2D eigenvalue weighted by Gasteiger charge is 2.17. The lowest BCUT2D eigenvalue weighted by atomic mass is 10.2. The van der Waals surface area contributed by atoms with Crippen LogP contribution in [0, 0.1) is 0 Å². The number of amides is 2. The summed E-state index contributed by atoms with van der Waals surface area (Å²) in [7, 11) is 4.46. The number of ether oxygens (including phenoxy) is 3. The van der Waals surface area contributed by atoms with Crippen molar-refractivity contribution in [3.05, 3.63) is 42.5 Å². The molecule has 0 aliphatic carbocycles. The molecule has 0 saturated heterocycles. The van der Waals surface area contributed by atoms with Crippen molar-refractivity contribution in [1.29, 1.82) is 0 Å². The van der Waals surface area contributed by atoms with Gasteiger partial charge in [0.2, 0.25) is 0 Å². The molecule has 0 unspecified atom stereocenters. The van der Waals surface area contributed by atoms with Gasteiger partial charge in [0.25, 0.3) is 0 Å². The van der Waals surface area contributed by atoms with Gasteiger partial charge in [0.1, 0.15) is 17.2 Å². The Morgan fingerprint density at radius 3 is 1.92 bits per heavy atom. The summed E-state index contributed by atoms with van der Waals surface area (Å²) in [6, 6.07) is 11.6. The summed E-state index contributed by atoms with van der Waals surface area (Å²) in [6.07, 6.45) is 0. The van der Waals surface area contributed by atoms with Crippen LogP contribution >= 0.6 is 0 Å². The van der Waals surface area contributed by atoms with E-state index in [-0.39, 0.29) is 0 Å². The SMILES string of the molecule is COc1ccc(NC(=O)C(=O)Nc2ccccc2OC)c(OC)c1. The lowest BCUT2D eigenvalue weighted by Gasteiger charge is -2.12. The van der Waals surface area contributed by atoms with Crippen molar-refractivity contribution in [3.63, 3.8) is 0 Å². The first-order valence-electron chi connectivity index (χ1n) is 7.06. The van der Waals surface area contributed by atoms with Crippen LogP contribution in [-0.4, -0.2) is 33.1 Å². The molecular weight excluding hydrogens is 312 g/mol. The summed E-state index contributed by atoms with van der Waals surface area (Å²) in [5.41, 5.74) is 0.764. The molecule has 126 valence electrons. The van der Waals surface area contributed by atoms with E-state index in [1.54, 1.807) is 42.5 Å². The summed E-state index contributed by atoms with van der Waals surface area (Å²) < 4.78 is 15.4. The van der Waals surface area contributed by atoms with Gasteiger partial charge in [-0.1, -0.05) is 12.1 Å². The zero-order chi connectivity index (χ0) is 17.5. The number of hydrogen-bond acceptors (Lipinski definition) is 5. The predicted octanol–water partition coefficient (Wildman–Crippen LogP) is 2.29. The van der Waals surface area contributed by atoms with Crippen molar-refractivity contribution in [2.45, 2.75) is 0 Å². The number of methoxy groups -OCH3 is 3. The van der Waals surface area contributed by atoms with E-state index >= 15 is 0 Å². The number of para-hydroxylation sites is 2. The number of rotatable bonds is 5. The predicted molar refractivity (Wildman–Crippen MR) is 89.8 cm³/mol. The first kappa shape index (κ1) is 17.1. The fraction of sp³-hybridized carbons (Fsp3) is 0.176. The van der Waals surface area contributed by atoms with E-state index in [1.165, 1.54) is 21.3 Å². The minimum absolute atomic E-state index is 0.360. The highest BCUT2D eigenvalue weighted by atomic mass is 16.5. The van der Waals surface area contributed by atoms with E-state index in [1.807, 2.05) is 0 Å². The third kappa shape index (κ3) is 3.95. The Morgan fingerprint density at radius 1 is 0.750 bits per heavy atom.